The fraction of sp³-hybridized carbons (Fsp3) is 0.360. The highest BCUT2D eigenvalue weighted by molar-refractivity contribution is 6.32. The maximum absolute atomic E-state index is 13.3. The summed E-state index contributed by atoms with van der Waals surface area (Å²) in [5.74, 6) is -0.374. The predicted molar refractivity (Wildman–Crippen MR) is 139 cm³/mol. The highest BCUT2D eigenvalue weighted by Crippen LogP contribution is 2.46. The van der Waals surface area contributed by atoms with E-state index in [1.165, 1.54) is 25.1 Å². The second-order valence-electron chi connectivity index (χ2n) is 9.56. The summed E-state index contributed by atoms with van der Waals surface area (Å²) >= 11 is 6.32. The van der Waals surface area contributed by atoms with E-state index in [0.29, 0.717) is 45.6 Å². The number of nitrogens with one attached hydrogen (secondary N) is 4. The van der Waals surface area contributed by atoms with Crippen molar-refractivity contribution in [1.29, 1.82) is 0 Å². The molecule has 0 saturated carbocycles. The van der Waals surface area contributed by atoms with E-state index in [1.54, 1.807) is 24.3 Å². The average molecular weight is 564 g/mol. The van der Waals surface area contributed by atoms with Crippen LogP contribution in [0.5, 0.6) is 5.75 Å². The summed E-state index contributed by atoms with van der Waals surface area (Å²) in [5, 5.41) is 8.98. The zero-order valence-corrected chi connectivity index (χ0v) is 21.8. The Hall–Kier alpha value is -3.84. The minimum Gasteiger partial charge on any atom is -0.493 e. The number of carbonyl (C=O) groups excluding carboxylic acids is 2. The first-order chi connectivity index (χ1) is 18.5. The minimum absolute atomic E-state index is 0.0511. The van der Waals surface area contributed by atoms with Gasteiger partial charge in [-0.05, 0) is 31.2 Å². The Labute approximate surface area is 226 Å². The van der Waals surface area contributed by atoms with Gasteiger partial charge in [-0.25, -0.2) is 9.97 Å². The Kier molecular flexibility index (Phi) is 6.89. The number of alkyl halides is 3. The van der Waals surface area contributed by atoms with Crippen LogP contribution in [-0.4, -0.2) is 71.1 Å². The first-order valence-electron chi connectivity index (χ1n) is 12.0. The van der Waals surface area contributed by atoms with E-state index in [1.807, 2.05) is 0 Å². The highest BCUT2D eigenvalue weighted by atomic mass is 35.5. The van der Waals surface area contributed by atoms with Gasteiger partial charge in [0.1, 0.15) is 0 Å². The molecule has 1 saturated heterocycles. The van der Waals surface area contributed by atoms with Crippen LogP contribution < -0.4 is 20.7 Å². The summed E-state index contributed by atoms with van der Waals surface area (Å²) in [4.78, 5) is 38.1. The molecule has 0 radical (unpaired) electrons. The van der Waals surface area contributed by atoms with Gasteiger partial charge in [-0.3, -0.25) is 19.8 Å². The van der Waals surface area contributed by atoms with E-state index in [9.17, 15) is 22.8 Å². The van der Waals surface area contributed by atoms with Gasteiger partial charge in [0.15, 0.2) is 5.75 Å². The number of amides is 2. The van der Waals surface area contributed by atoms with Crippen molar-refractivity contribution in [3.8, 4) is 17.1 Å². The summed E-state index contributed by atoms with van der Waals surface area (Å²) in [6.07, 6.45) is -2.49. The van der Waals surface area contributed by atoms with E-state index in [4.69, 9.17) is 16.3 Å². The molecule has 4 heterocycles. The summed E-state index contributed by atoms with van der Waals surface area (Å²) in [6.45, 7) is 0.772. The quantitative estimate of drug-likeness (QED) is 0.356. The number of H-pyrrole nitrogens is 1. The fourth-order valence-electron chi connectivity index (χ4n) is 5.23. The molecular formula is C25H25ClF3N7O3. The van der Waals surface area contributed by atoms with Crippen molar-refractivity contribution in [2.24, 2.45) is 0 Å². The Morgan fingerprint density at radius 2 is 2.10 bits per heavy atom. The Morgan fingerprint density at radius 1 is 1.31 bits per heavy atom. The highest BCUT2D eigenvalue weighted by Gasteiger charge is 2.49. The molecule has 2 aliphatic rings. The standard InChI is InChI=1S/C25H25ClF3N7O3/c1-13(37)32-23-30-8-6-15(34-23)18-19(33-16-5-3-4-14(26)20(16)39-2)17-21(35-18)24(10-31-22(17)38)7-9-36(11-24)12-25(27,28)29/h3-6,8,33,35H,7,9-12H2,1-2H3,(H,31,38)(H,30,32,34,37)/t24-/m1/s1. The van der Waals surface area contributed by atoms with Gasteiger partial charge in [-0.2, -0.15) is 13.2 Å². The van der Waals surface area contributed by atoms with Gasteiger partial charge in [-0.15, -0.1) is 0 Å². The number of anilines is 3. The predicted octanol–water partition coefficient (Wildman–Crippen LogP) is 4.08. The second kappa shape index (κ2) is 10.0. The van der Waals surface area contributed by atoms with Crippen LogP contribution in [-0.2, 0) is 10.2 Å². The van der Waals surface area contributed by atoms with Crippen molar-refractivity contribution in [1.82, 2.24) is 25.2 Å². The number of hydrogen-bond donors (Lipinski definition) is 4. The third-order valence-electron chi connectivity index (χ3n) is 6.81. The van der Waals surface area contributed by atoms with Gasteiger partial charge in [0.25, 0.3) is 5.91 Å². The molecule has 0 aliphatic carbocycles. The first-order valence-corrected chi connectivity index (χ1v) is 12.4. The number of likely N-dealkylation sites (tertiary alicyclic amines) is 1. The van der Waals surface area contributed by atoms with Crippen LogP contribution >= 0.6 is 11.6 Å². The molecule has 5 rings (SSSR count). The third kappa shape index (κ3) is 5.23. The number of benzene rings is 1. The van der Waals surface area contributed by atoms with Crippen molar-refractivity contribution >= 4 is 40.7 Å². The number of halogens is 4. The van der Waals surface area contributed by atoms with Gasteiger partial charge in [0, 0.05) is 37.3 Å². The number of para-hydroxylation sites is 1. The van der Waals surface area contributed by atoms with Crippen LogP contribution in [0.4, 0.5) is 30.5 Å². The van der Waals surface area contributed by atoms with E-state index in [0.717, 1.165) is 0 Å². The molecule has 2 amide bonds. The van der Waals surface area contributed by atoms with Crippen LogP contribution in [0.2, 0.25) is 5.02 Å². The number of methoxy groups -OCH3 is 1. The van der Waals surface area contributed by atoms with Crippen LogP contribution in [0.25, 0.3) is 11.4 Å². The maximum Gasteiger partial charge on any atom is 0.401 e. The number of aromatic nitrogens is 3. The first kappa shape index (κ1) is 26.8. The van der Waals surface area contributed by atoms with Gasteiger partial charge >= 0.3 is 6.18 Å². The molecule has 2 aromatic heterocycles. The summed E-state index contributed by atoms with van der Waals surface area (Å²) in [5.41, 5.74) is 1.52. The Bertz CT molecular complexity index is 1440. The lowest BCUT2D eigenvalue weighted by Gasteiger charge is -2.34. The SMILES string of the molecule is COc1c(Cl)cccc1Nc1c(-c2ccnc(NC(C)=O)n2)[nH]c2c1C(=O)NC[C@@]21CCN(CC(F)(F)F)C1. The van der Waals surface area contributed by atoms with Crippen LogP contribution in [0.15, 0.2) is 30.5 Å². The molecule has 0 bridgehead atoms. The lowest BCUT2D eigenvalue weighted by atomic mass is 9.79. The van der Waals surface area contributed by atoms with E-state index in [-0.39, 0.29) is 37.1 Å². The lowest BCUT2D eigenvalue weighted by molar-refractivity contribution is -0.144. The summed E-state index contributed by atoms with van der Waals surface area (Å²) in [6, 6.07) is 6.67. The lowest BCUT2D eigenvalue weighted by Crippen LogP contribution is -2.49. The molecule has 2 aliphatic heterocycles. The average Bonchev–Trinajstić information content (AvgIpc) is 3.43. The minimum atomic E-state index is -4.34. The molecule has 0 unspecified atom stereocenters. The van der Waals surface area contributed by atoms with E-state index >= 15 is 0 Å². The second-order valence-corrected chi connectivity index (χ2v) is 9.96. The number of ether oxygens (including phenoxy) is 1. The Balaban J connectivity index is 1.66. The van der Waals surface area contributed by atoms with Crippen molar-refractivity contribution in [2.75, 3.05) is 43.9 Å². The summed E-state index contributed by atoms with van der Waals surface area (Å²) in [7, 11) is 1.46. The molecule has 3 aromatic rings. The van der Waals surface area contributed by atoms with E-state index in [2.05, 4.69) is 30.9 Å². The third-order valence-corrected chi connectivity index (χ3v) is 7.11. The number of fused-ring (bicyclic) bond motifs is 2. The molecule has 4 N–H and O–H groups in total. The molecule has 1 spiro atoms. The number of carbonyl (C=O) groups is 2. The number of rotatable bonds is 6. The van der Waals surface area contributed by atoms with Crippen LogP contribution in [0.1, 0.15) is 29.4 Å². The molecule has 1 aromatic carbocycles. The molecule has 1 atom stereocenters. The van der Waals surface area contributed by atoms with Gasteiger partial charge in [0.05, 0.1) is 47.0 Å². The largest absolute Gasteiger partial charge is 0.493 e. The van der Waals surface area contributed by atoms with Crippen molar-refractivity contribution in [3.05, 3.63) is 46.7 Å². The van der Waals surface area contributed by atoms with Gasteiger partial charge < -0.3 is 20.4 Å². The van der Waals surface area contributed by atoms with Crippen molar-refractivity contribution in [3.63, 3.8) is 0 Å². The smallest absolute Gasteiger partial charge is 0.401 e. The molecular weight excluding hydrogens is 539 g/mol. The topological polar surface area (TPSA) is 124 Å². The molecule has 10 nitrogen and oxygen atoms in total. The zero-order valence-electron chi connectivity index (χ0n) is 21.0. The summed E-state index contributed by atoms with van der Waals surface area (Å²) < 4.78 is 45.0. The zero-order chi connectivity index (χ0) is 27.9. The van der Waals surface area contributed by atoms with Crippen molar-refractivity contribution < 1.29 is 27.5 Å². The molecule has 39 heavy (non-hydrogen) atoms. The molecule has 14 heteroatoms. The molecule has 206 valence electrons. The van der Waals surface area contributed by atoms with Crippen molar-refractivity contribution in [2.45, 2.75) is 24.9 Å². The molecule has 1 fully saturated rings. The maximum atomic E-state index is 13.3. The van der Waals surface area contributed by atoms with Gasteiger partial charge in [0.2, 0.25) is 11.9 Å². The van der Waals surface area contributed by atoms with Crippen LogP contribution in [0.3, 0.4) is 0 Å². The van der Waals surface area contributed by atoms with E-state index < -0.39 is 24.0 Å². The number of hydrogen-bond acceptors (Lipinski definition) is 7. The number of nitrogens with zero attached hydrogens (tertiary/aromatic N) is 3. The normalized spacial score (nSPS) is 19.1. The number of aromatic amines is 1. The van der Waals surface area contributed by atoms with Gasteiger partial charge in [-0.1, -0.05) is 17.7 Å². The fourth-order valence-corrected chi connectivity index (χ4v) is 5.48. The monoisotopic (exact) mass is 563 g/mol. The Morgan fingerprint density at radius 3 is 2.82 bits per heavy atom. The van der Waals surface area contributed by atoms with Crippen LogP contribution in [0, 0.1) is 0 Å².